The number of carbonyl (C=O) groups is 2. The van der Waals surface area contributed by atoms with Crippen LogP contribution in [-0.2, 0) is 16.0 Å². The molecule has 0 saturated carbocycles. The maximum absolute atomic E-state index is 12.5. The largest absolute Gasteiger partial charge is 0.444 e. The molecule has 7 nitrogen and oxygen atoms in total. The third-order valence-corrected chi connectivity index (χ3v) is 3.57. The number of hydrogen-bond acceptors (Lipinski definition) is 4. The number of fused-ring (bicyclic) bond motifs is 1. The summed E-state index contributed by atoms with van der Waals surface area (Å²) in [6.45, 7) is 5.22. The van der Waals surface area contributed by atoms with Crippen molar-refractivity contribution in [3.63, 3.8) is 0 Å². The van der Waals surface area contributed by atoms with Gasteiger partial charge in [-0.1, -0.05) is 18.2 Å². The number of amides is 2. The number of likely N-dealkylation sites (N-methyl/N-ethyl adjacent to an activating group) is 1. The van der Waals surface area contributed by atoms with Crippen LogP contribution in [0.4, 0.5) is 4.79 Å². The zero-order valence-corrected chi connectivity index (χ0v) is 14.8. The van der Waals surface area contributed by atoms with Gasteiger partial charge in [0.25, 0.3) is 5.91 Å². The van der Waals surface area contributed by atoms with Gasteiger partial charge in [0.2, 0.25) is 0 Å². The molecular formula is C18H22N4O3. The molecule has 1 unspecified atom stereocenters. The van der Waals surface area contributed by atoms with Gasteiger partial charge in [0.05, 0.1) is 0 Å². The number of nitrogens with zero attached hydrogens (tertiary/aromatic N) is 2. The second-order valence-corrected chi connectivity index (χ2v) is 6.76. The van der Waals surface area contributed by atoms with Gasteiger partial charge in [-0.15, -0.1) is 0 Å². The Morgan fingerprint density at radius 2 is 2.04 bits per heavy atom. The van der Waals surface area contributed by atoms with E-state index in [-0.39, 0.29) is 6.42 Å². The van der Waals surface area contributed by atoms with Crippen LogP contribution in [0.2, 0.25) is 0 Å². The molecule has 2 amide bonds. The molecule has 2 rings (SSSR count). The molecule has 1 heterocycles. The van der Waals surface area contributed by atoms with Crippen LogP contribution in [0.1, 0.15) is 26.3 Å². The van der Waals surface area contributed by atoms with Gasteiger partial charge in [0.1, 0.15) is 11.6 Å². The maximum atomic E-state index is 12.5. The smallest absolute Gasteiger partial charge is 0.408 e. The van der Waals surface area contributed by atoms with Crippen LogP contribution in [0.3, 0.4) is 0 Å². The van der Waals surface area contributed by atoms with Crippen molar-refractivity contribution >= 4 is 22.9 Å². The first kappa shape index (κ1) is 18.3. The average molecular weight is 342 g/mol. The van der Waals surface area contributed by atoms with E-state index in [1.807, 2.05) is 24.3 Å². The van der Waals surface area contributed by atoms with Gasteiger partial charge in [0.15, 0.2) is 6.19 Å². The molecule has 0 aliphatic heterocycles. The minimum Gasteiger partial charge on any atom is -0.444 e. The van der Waals surface area contributed by atoms with Crippen LogP contribution in [-0.4, -0.2) is 40.6 Å². The van der Waals surface area contributed by atoms with Crippen molar-refractivity contribution in [1.82, 2.24) is 15.2 Å². The van der Waals surface area contributed by atoms with E-state index in [9.17, 15) is 9.59 Å². The molecular weight excluding hydrogens is 320 g/mol. The summed E-state index contributed by atoms with van der Waals surface area (Å²) in [6.07, 6.45) is 3.11. The highest BCUT2D eigenvalue weighted by atomic mass is 16.6. The van der Waals surface area contributed by atoms with Crippen molar-refractivity contribution in [3.8, 4) is 6.19 Å². The topological polar surface area (TPSA) is 98.2 Å². The summed E-state index contributed by atoms with van der Waals surface area (Å²) >= 11 is 0. The summed E-state index contributed by atoms with van der Waals surface area (Å²) in [4.78, 5) is 28.6. The Labute approximate surface area is 146 Å². The third kappa shape index (κ3) is 4.73. The highest BCUT2D eigenvalue weighted by Crippen LogP contribution is 2.19. The van der Waals surface area contributed by atoms with Crippen molar-refractivity contribution in [3.05, 3.63) is 36.0 Å². The number of nitriles is 1. The van der Waals surface area contributed by atoms with Crippen molar-refractivity contribution in [2.24, 2.45) is 0 Å². The van der Waals surface area contributed by atoms with Gasteiger partial charge in [0, 0.05) is 30.6 Å². The fraction of sp³-hybridized carbons (Fsp3) is 0.389. The molecule has 0 aliphatic carbocycles. The van der Waals surface area contributed by atoms with E-state index >= 15 is 0 Å². The number of aromatic amines is 1. The number of hydrogen-bond donors (Lipinski definition) is 2. The molecule has 132 valence electrons. The molecule has 7 heteroatoms. The van der Waals surface area contributed by atoms with Gasteiger partial charge in [-0.25, -0.2) is 4.79 Å². The molecule has 2 aromatic rings. The number of nitrogens with one attached hydrogen (secondary N) is 2. The lowest BCUT2D eigenvalue weighted by atomic mass is 10.0. The maximum Gasteiger partial charge on any atom is 0.408 e. The Morgan fingerprint density at radius 1 is 1.36 bits per heavy atom. The van der Waals surface area contributed by atoms with Crippen LogP contribution in [0.25, 0.3) is 10.9 Å². The number of H-pyrrole nitrogens is 1. The fourth-order valence-electron chi connectivity index (χ4n) is 2.45. The lowest BCUT2D eigenvalue weighted by molar-refractivity contribution is -0.129. The lowest BCUT2D eigenvalue weighted by Gasteiger charge is -2.24. The zero-order chi connectivity index (χ0) is 18.6. The van der Waals surface area contributed by atoms with Gasteiger partial charge in [-0.3, -0.25) is 9.69 Å². The number of aromatic nitrogens is 1. The van der Waals surface area contributed by atoms with E-state index < -0.39 is 23.6 Å². The standard InChI is InChI=1S/C18H22N4O3/c1-18(2,3)25-17(24)21-15(16(23)22(4)11-19)9-12-10-20-14-8-6-5-7-13(12)14/h5-8,10,15,20H,9H2,1-4H3,(H,21,24). The molecule has 1 atom stereocenters. The van der Waals surface area contributed by atoms with Crippen LogP contribution < -0.4 is 5.32 Å². The Kier molecular flexibility index (Phi) is 5.32. The first-order valence-electron chi connectivity index (χ1n) is 7.93. The van der Waals surface area contributed by atoms with E-state index in [1.54, 1.807) is 33.2 Å². The Balaban J connectivity index is 2.24. The van der Waals surface area contributed by atoms with Crippen molar-refractivity contribution in [2.45, 2.75) is 38.8 Å². The van der Waals surface area contributed by atoms with Gasteiger partial charge >= 0.3 is 6.09 Å². The fourth-order valence-corrected chi connectivity index (χ4v) is 2.45. The minimum absolute atomic E-state index is 0.244. The van der Waals surface area contributed by atoms with Gasteiger partial charge < -0.3 is 15.0 Å². The minimum atomic E-state index is -0.904. The predicted octanol–water partition coefficient (Wildman–Crippen LogP) is 2.54. The normalized spacial score (nSPS) is 12.3. The van der Waals surface area contributed by atoms with Crippen molar-refractivity contribution < 1.29 is 14.3 Å². The summed E-state index contributed by atoms with van der Waals surface area (Å²) in [5.41, 5.74) is 1.13. The van der Waals surface area contributed by atoms with E-state index in [2.05, 4.69) is 10.3 Å². The molecule has 0 radical (unpaired) electrons. The first-order valence-corrected chi connectivity index (χ1v) is 7.93. The molecule has 2 N–H and O–H groups in total. The third-order valence-electron chi connectivity index (χ3n) is 3.57. The van der Waals surface area contributed by atoms with Crippen LogP contribution >= 0.6 is 0 Å². The predicted molar refractivity (Wildman–Crippen MR) is 93.5 cm³/mol. The highest BCUT2D eigenvalue weighted by molar-refractivity contribution is 5.89. The molecule has 1 aromatic heterocycles. The number of alkyl carbamates (subject to hydrolysis) is 1. The summed E-state index contributed by atoms with van der Waals surface area (Å²) in [5, 5.41) is 12.5. The molecule has 0 aliphatic rings. The zero-order valence-electron chi connectivity index (χ0n) is 14.8. The van der Waals surface area contributed by atoms with Crippen LogP contribution in [0.15, 0.2) is 30.5 Å². The number of ether oxygens (including phenoxy) is 1. The average Bonchev–Trinajstić information content (AvgIpc) is 2.94. The van der Waals surface area contributed by atoms with E-state index in [4.69, 9.17) is 10.00 Å². The van der Waals surface area contributed by atoms with Crippen LogP contribution in [0, 0.1) is 11.5 Å². The van der Waals surface area contributed by atoms with E-state index in [0.29, 0.717) is 0 Å². The first-order chi connectivity index (χ1) is 11.7. The van der Waals surface area contributed by atoms with Gasteiger partial charge in [-0.05, 0) is 32.4 Å². The SMILES string of the molecule is CN(C#N)C(=O)C(Cc1c[nH]c2ccccc12)NC(=O)OC(C)(C)C. The quantitative estimate of drug-likeness (QED) is 0.659. The number of benzene rings is 1. The Hall–Kier alpha value is -3.01. The second kappa shape index (κ2) is 7.26. The summed E-state index contributed by atoms with van der Waals surface area (Å²) in [6, 6.07) is 6.77. The Morgan fingerprint density at radius 3 is 2.68 bits per heavy atom. The van der Waals surface area contributed by atoms with Crippen LogP contribution in [0.5, 0.6) is 0 Å². The van der Waals surface area contributed by atoms with E-state index in [1.165, 1.54) is 7.05 Å². The molecule has 1 aromatic carbocycles. The monoisotopic (exact) mass is 342 g/mol. The summed E-state index contributed by atoms with van der Waals surface area (Å²) in [5.74, 6) is -0.501. The molecule has 0 saturated heterocycles. The molecule has 0 bridgehead atoms. The highest BCUT2D eigenvalue weighted by Gasteiger charge is 2.27. The molecule has 0 fully saturated rings. The Bertz CT molecular complexity index is 814. The number of carbonyl (C=O) groups excluding carboxylic acids is 2. The molecule has 25 heavy (non-hydrogen) atoms. The summed E-state index contributed by atoms with van der Waals surface area (Å²) < 4.78 is 5.23. The lowest BCUT2D eigenvalue weighted by Crippen LogP contribution is -2.48. The number of rotatable bonds is 4. The number of para-hydroxylation sites is 1. The van der Waals surface area contributed by atoms with E-state index in [0.717, 1.165) is 21.4 Å². The van der Waals surface area contributed by atoms with Gasteiger partial charge in [-0.2, -0.15) is 5.26 Å². The van der Waals surface area contributed by atoms with Crippen molar-refractivity contribution in [2.75, 3.05) is 7.05 Å². The second-order valence-electron chi connectivity index (χ2n) is 6.76. The molecule has 0 spiro atoms. The van der Waals surface area contributed by atoms with Crippen molar-refractivity contribution in [1.29, 1.82) is 5.26 Å². The summed E-state index contributed by atoms with van der Waals surface area (Å²) in [7, 11) is 1.36.